The largest absolute Gasteiger partial charge is 0.342 e. The number of likely N-dealkylation sites (tertiary alicyclic amines) is 1. The number of piperidine rings is 1. The molecule has 1 fully saturated rings. The lowest BCUT2D eigenvalue weighted by Gasteiger charge is -2.34. The fraction of sp³-hybridized carbons (Fsp3) is 0.556. The average molecular weight is 358 g/mol. The van der Waals surface area contributed by atoms with Gasteiger partial charge in [0.25, 0.3) is 0 Å². The van der Waals surface area contributed by atoms with Gasteiger partial charge in [-0.25, -0.2) is 0 Å². The Labute approximate surface area is 152 Å². The molecule has 2 N–H and O–H groups in total. The summed E-state index contributed by atoms with van der Waals surface area (Å²) in [4.78, 5) is 26.8. The fourth-order valence-electron chi connectivity index (χ4n) is 3.47. The van der Waals surface area contributed by atoms with Crippen molar-refractivity contribution in [2.24, 2.45) is 7.05 Å². The highest BCUT2D eigenvalue weighted by atomic mass is 16.2. The second-order valence-corrected chi connectivity index (χ2v) is 7.10. The van der Waals surface area contributed by atoms with Gasteiger partial charge in [0.1, 0.15) is 0 Å². The molecule has 0 spiro atoms. The summed E-state index contributed by atoms with van der Waals surface area (Å²) in [6.07, 6.45) is 8.24. The molecule has 1 aliphatic rings. The number of nitrogens with zero attached hydrogens (tertiary/aromatic N) is 4. The number of aryl methyl sites for hydroxylation is 1. The SMILES string of the molecule is CC(C)c1cn[nH]c1CNC(=O)C(=O)N1CCCCC1c1cnn(C)c1. The Morgan fingerprint density at radius 3 is 2.85 bits per heavy atom. The van der Waals surface area contributed by atoms with Gasteiger partial charge >= 0.3 is 11.8 Å². The topological polar surface area (TPSA) is 95.9 Å². The number of aromatic amines is 1. The van der Waals surface area contributed by atoms with Crippen LogP contribution >= 0.6 is 0 Å². The quantitative estimate of drug-likeness (QED) is 0.812. The van der Waals surface area contributed by atoms with E-state index in [1.54, 1.807) is 22.0 Å². The second-order valence-electron chi connectivity index (χ2n) is 7.10. The smallest absolute Gasteiger partial charge is 0.312 e. The summed E-state index contributed by atoms with van der Waals surface area (Å²) < 4.78 is 1.72. The van der Waals surface area contributed by atoms with Crippen molar-refractivity contribution in [2.45, 2.75) is 51.6 Å². The molecule has 0 saturated carbocycles. The summed E-state index contributed by atoms with van der Waals surface area (Å²) in [5.41, 5.74) is 2.86. The van der Waals surface area contributed by atoms with Gasteiger partial charge in [-0.2, -0.15) is 10.2 Å². The number of aromatic nitrogens is 4. The molecule has 8 nitrogen and oxygen atoms in total. The molecule has 0 aromatic carbocycles. The van der Waals surface area contributed by atoms with Crippen LogP contribution in [0.25, 0.3) is 0 Å². The number of carbonyl (C=O) groups is 2. The molecule has 2 amide bonds. The zero-order valence-electron chi connectivity index (χ0n) is 15.5. The Kier molecular flexibility index (Phi) is 5.39. The number of rotatable bonds is 4. The van der Waals surface area contributed by atoms with E-state index >= 15 is 0 Å². The third-order valence-corrected chi connectivity index (χ3v) is 4.87. The van der Waals surface area contributed by atoms with Gasteiger partial charge in [-0.3, -0.25) is 19.4 Å². The van der Waals surface area contributed by atoms with Gasteiger partial charge in [-0.05, 0) is 30.7 Å². The second kappa shape index (κ2) is 7.72. The monoisotopic (exact) mass is 358 g/mol. The molecule has 0 radical (unpaired) electrons. The molecular formula is C18H26N6O2. The van der Waals surface area contributed by atoms with E-state index in [0.717, 1.165) is 36.1 Å². The number of hydrogen-bond donors (Lipinski definition) is 2. The van der Waals surface area contributed by atoms with Gasteiger partial charge in [-0.15, -0.1) is 0 Å². The molecule has 26 heavy (non-hydrogen) atoms. The van der Waals surface area contributed by atoms with Crippen LogP contribution in [0.4, 0.5) is 0 Å². The molecule has 2 aromatic heterocycles. The minimum Gasteiger partial charge on any atom is -0.342 e. The van der Waals surface area contributed by atoms with Gasteiger partial charge in [0, 0.05) is 25.4 Å². The van der Waals surface area contributed by atoms with Crippen molar-refractivity contribution in [2.75, 3.05) is 6.54 Å². The zero-order valence-corrected chi connectivity index (χ0v) is 15.5. The molecule has 0 aliphatic carbocycles. The minimum atomic E-state index is -0.579. The third-order valence-electron chi connectivity index (χ3n) is 4.87. The van der Waals surface area contributed by atoms with Crippen molar-refractivity contribution in [3.63, 3.8) is 0 Å². The van der Waals surface area contributed by atoms with Crippen LogP contribution in [0.3, 0.4) is 0 Å². The van der Waals surface area contributed by atoms with E-state index in [1.807, 2.05) is 13.2 Å². The van der Waals surface area contributed by atoms with Gasteiger partial charge in [-0.1, -0.05) is 13.8 Å². The van der Waals surface area contributed by atoms with Gasteiger partial charge in [0.15, 0.2) is 0 Å². The summed E-state index contributed by atoms with van der Waals surface area (Å²) in [7, 11) is 1.85. The predicted molar refractivity (Wildman–Crippen MR) is 96.0 cm³/mol. The molecule has 3 heterocycles. The van der Waals surface area contributed by atoms with E-state index < -0.39 is 11.8 Å². The van der Waals surface area contributed by atoms with E-state index in [-0.39, 0.29) is 12.6 Å². The van der Waals surface area contributed by atoms with Crippen molar-refractivity contribution in [3.05, 3.63) is 35.4 Å². The molecule has 2 aromatic rings. The normalized spacial score (nSPS) is 17.5. The maximum atomic E-state index is 12.7. The number of nitrogens with one attached hydrogen (secondary N) is 2. The summed E-state index contributed by atoms with van der Waals surface area (Å²) in [6, 6.07) is -0.0888. The van der Waals surface area contributed by atoms with Crippen LogP contribution < -0.4 is 5.32 Å². The van der Waals surface area contributed by atoms with Crippen molar-refractivity contribution in [1.29, 1.82) is 0 Å². The lowest BCUT2D eigenvalue weighted by molar-refractivity contribution is -0.148. The van der Waals surface area contributed by atoms with Crippen LogP contribution in [0.5, 0.6) is 0 Å². The Balaban J connectivity index is 1.66. The van der Waals surface area contributed by atoms with Crippen LogP contribution in [0.15, 0.2) is 18.6 Å². The van der Waals surface area contributed by atoms with Crippen molar-refractivity contribution < 1.29 is 9.59 Å². The van der Waals surface area contributed by atoms with E-state index in [0.29, 0.717) is 12.5 Å². The summed E-state index contributed by atoms with van der Waals surface area (Å²) >= 11 is 0. The Hall–Kier alpha value is -2.64. The first-order valence-corrected chi connectivity index (χ1v) is 9.07. The maximum Gasteiger partial charge on any atom is 0.312 e. The van der Waals surface area contributed by atoms with Gasteiger partial charge in [0.2, 0.25) is 0 Å². The molecule has 8 heteroatoms. The third kappa shape index (κ3) is 3.79. The average Bonchev–Trinajstić information content (AvgIpc) is 3.28. The lowest BCUT2D eigenvalue weighted by Crippen LogP contribution is -2.46. The van der Waals surface area contributed by atoms with Crippen LogP contribution in [0, 0.1) is 0 Å². The van der Waals surface area contributed by atoms with E-state index in [9.17, 15) is 9.59 Å². The van der Waals surface area contributed by atoms with Crippen LogP contribution in [-0.2, 0) is 23.2 Å². The van der Waals surface area contributed by atoms with Crippen LogP contribution in [0.2, 0.25) is 0 Å². The zero-order chi connectivity index (χ0) is 18.7. The first-order chi connectivity index (χ1) is 12.5. The number of carbonyl (C=O) groups excluding carboxylic acids is 2. The molecule has 1 aliphatic heterocycles. The summed E-state index contributed by atoms with van der Waals surface area (Å²) in [5.74, 6) is -0.761. The van der Waals surface area contributed by atoms with E-state index in [4.69, 9.17) is 0 Å². The fourth-order valence-corrected chi connectivity index (χ4v) is 3.47. The highest BCUT2D eigenvalue weighted by Gasteiger charge is 2.32. The van der Waals surface area contributed by atoms with Crippen molar-refractivity contribution in [1.82, 2.24) is 30.2 Å². The van der Waals surface area contributed by atoms with Crippen LogP contribution in [-0.4, -0.2) is 43.2 Å². The predicted octanol–water partition coefficient (Wildman–Crippen LogP) is 1.64. The van der Waals surface area contributed by atoms with Gasteiger partial charge in [0.05, 0.1) is 30.7 Å². The number of amides is 2. The molecule has 140 valence electrons. The lowest BCUT2D eigenvalue weighted by atomic mass is 9.97. The molecular weight excluding hydrogens is 332 g/mol. The van der Waals surface area contributed by atoms with E-state index in [1.165, 1.54) is 0 Å². The highest BCUT2D eigenvalue weighted by Crippen LogP contribution is 2.30. The minimum absolute atomic E-state index is 0.0888. The van der Waals surface area contributed by atoms with Crippen molar-refractivity contribution in [3.8, 4) is 0 Å². The molecule has 0 bridgehead atoms. The Morgan fingerprint density at radius 1 is 1.35 bits per heavy atom. The van der Waals surface area contributed by atoms with Crippen LogP contribution in [0.1, 0.15) is 61.9 Å². The van der Waals surface area contributed by atoms with E-state index in [2.05, 4.69) is 34.5 Å². The molecule has 1 unspecified atom stereocenters. The highest BCUT2D eigenvalue weighted by molar-refractivity contribution is 6.35. The first kappa shape index (κ1) is 18.2. The number of hydrogen-bond acceptors (Lipinski definition) is 4. The molecule has 1 atom stereocenters. The first-order valence-electron chi connectivity index (χ1n) is 9.07. The standard InChI is InChI=1S/C18H26N6O2/c1-12(2)14-9-20-22-15(14)10-19-17(25)18(26)24-7-5-4-6-16(24)13-8-21-23(3)11-13/h8-9,11-12,16H,4-7,10H2,1-3H3,(H,19,25)(H,20,22). The molecule has 1 saturated heterocycles. The Bertz CT molecular complexity index is 778. The summed E-state index contributed by atoms with van der Waals surface area (Å²) in [6.45, 7) is 4.98. The number of H-pyrrole nitrogens is 1. The Morgan fingerprint density at radius 2 is 2.15 bits per heavy atom. The van der Waals surface area contributed by atoms with Crippen molar-refractivity contribution >= 4 is 11.8 Å². The molecule has 3 rings (SSSR count). The van der Waals surface area contributed by atoms with Gasteiger partial charge < -0.3 is 10.2 Å². The maximum absolute atomic E-state index is 12.7. The summed E-state index contributed by atoms with van der Waals surface area (Å²) in [5, 5.41) is 13.9.